The molecule has 0 radical (unpaired) electrons. The van der Waals surface area contributed by atoms with Crippen LogP contribution >= 0.6 is 15.9 Å². The monoisotopic (exact) mass is 364 g/mol. The average molecular weight is 365 g/mol. The molecule has 0 bridgehead atoms. The fourth-order valence-corrected chi connectivity index (χ4v) is 2.10. The SMILES string of the molecule is O=C(/C=C\c1ccc(F)cc1)Nc1ccc([N+](=O)[O-])cc1Br. The quantitative estimate of drug-likeness (QED) is 0.503. The molecule has 0 saturated heterocycles. The van der Waals surface area contributed by atoms with E-state index < -0.39 is 10.8 Å². The van der Waals surface area contributed by atoms with Crippen LogP contribution in [-0.2, 0) is 4.79 Å². The Morgan fingerprint density at radius 2 is 1.91 bits per heavy atom. The van der Waals surface area contributed by atoms with E-state index in [1.54, 1.807) is 12.1 Å². The number of nitro groups is 1. The van der Waals surface area contributed by atoms with Gasteiger partial charge in [0, 0.05) is 22.7 Å². The second kappa shape index (κ2) is 6.95. The van der Waals surface area contributed by atoms with Crippen LogP contribution in [0.4, 0.5) is 15.8 Å². The van der Waals surface area contributed by atoms with Crippen molar-refractivity contribution in [2.45, 2.75) is 0 Å². The van der Waals surface area contributed by atoms with Crippen molar-refractivity contribution >= 4 is 39.3 Å². The van der Waals surface area contributed by atoms with E-state index in [9.17, 15) is 19.3 Å². The first-order valence-corrected chi connectivity index (χ1v) is 6.93. The Hall–Kier alpha value is -2.54. The van der Waals surface area contributed by atoms with Crippen molar-refractivity contribution < 1.29 is 14.1 Å². The number of carbonyl (C=O) groups is 1. The van der Waals surface area contributed by atoms with E-state index in [0.717, 1.165) is 0 Å². The number of carbonyl (C=O) groups excluding carboxylic acids is 1. The number of nitrogens with zero attached hydrogens (tertiary/aromatic N) is 1. The summed E-state index contributed by atoms with van der Waals surface area (Å²) >= 11 is 3.16. The molecule has 1 N–H and O–H groups in total. The van der Waals surface area contributed by atoms with Crippen molar-refractivity contribution in [3.05, 3.63) is 74.5 Å². The molecule has 0 aliphatic carbocycles. The molecule has 0 saturated carbocycles. The molecular weight excluding hydrogens is 355 g/mol. The first-order valence-electron chi connectivity index (χ1n) is 6.14. The van der Waals surface area contributed by atoms with E-state index in [4.69, 9.17) is 0 Å². The summed E-state index contributed by atoms with van der Waals surface area (Å²) in [5.41, 5.74) is 1.02. The Balaban J connectivity index is 2.05. The fraction of sp³-hybridized carbons (Fsp3) is 0. The first kappa shape index (κ1) is 15.8. The van der Waals surface area contributed by atoms with Crippen LogP contribution in [0.3, 0.4) is 0 Å². The molecule has 0 fully saturated rings. The number of nitrogens with one attached hydrogen (secondary N) is 1. The van der Waals surface area contributed by atoms with Crippen LogP contribution in [0.1, 0.15) is 5.56 Å². The second-order valence-corrected chi connectivity index (χ2v) is 5.15. The Labute approximate surface area is 133 Å². The molecule has 0 aliphatic heterocycles. The average Bonchev–Trinajstić information content (AvgIpc) is 2.48. The van der Waals surface area contributed by atoms with E-state index in [1.807, 2.05) is 0 Å². The van der Waals surface area contributed by atoms with Crippen LogP contribution in [0, 0.1) is 15.9 Å². The smallest absolute Gasteiger partial charge is 0.270 e. The van der Waals surface area contributed by atoms with Crippen LogP contribution in [0.5, 0.6) is 0 Å². The number of anilines is 1. The minimum absolute atomic E-state index is 0.0771. The lowest BCUT2D eigenvalue weighted by Crippen LogP contribution is -2.08. The predicted molar refractivity (Wildman–Crippen MR) is 84.9 cm³/mol. The zero-order valence-corrected chi connectivity index (χ0v) is 12.7. The summed E-state index contributed by atoms with van der Waals surface area (Å²) in [5, 5.41) is 13.2. The number of benzene rings is 2. The van der Waals surface area contributed by atoms with Crippen LogP contribution in [0.15, 0.2) is 53.0 Å². The third-order valence-corrected chi connectivity index (χ3v) is 3.37. The molecule has 0 heterocycles. The van der Waals surface area contributed by atoms with Crippen molar-refractivity contribution in [3.63, 3.8) is 0 Å². The van der Waals surface area contributed by atoms with Crippen molar-refractivity contribution in [1.82, 2.24) is 0 Å². The highest BCUT2D eigenvalue weighted by Crippen LogP contribution is 2.27. The van der Waals surface area contributed by atoms with Gasteiger partial charge in [0.1, 0.15) is 5.82 Å². The summed E-state index contributed by atoms with van der Waals surface area (Å²) in [5.74, 6) is -0.754. The van der Waals surface area contributed by atoms with Gasteiger partial charge in [-0.15, -0.1) is 0 Å². The van der Waals surface area contributed by atoms with Crippen molar-refractivity contribution in [1.29, 1.82) is 0 Å². The standard InChI is InChI=1S/C15H10BrFN2O3/c16-13-9-12(19(21)22)6-7-14(13)18-15(20)8-3-10-1-4-11(17)5-2-10/h1-9H,(H,18,20)/b8-3-. The maximum Gasteiger partial charge on any atom is 0.270 e. The Bertz CT molecular complexity index is 745. The van der Waals surface area contributed by atoms with E-state index in [1.165, 1.54) is 42.5 Å². The van der Waals surface area contributed by atoms with Gasteiger partial charge in [0.25, 0.3) is 5.69 Å². The highest BCUT2D eigenvalue weighted by Gasteiger charge is 2.10. The molecule has 2 aromatic carbocycles. The molecule has 5 nitrogen and oxygen atoms in total. The number of hydrogen-bond acceptors (Lipinski definition) is 3. The Morgan fingerprint density at radius 3 is 2.50 bits per heavy atom. The van der Waals surface area contributed by atoms with Gasteiger partial charge < -0.3 is 5.32 Å². The normalized spacial score (nSPS) is 10.6. The Morgan fingerprint density at radius 1 is 1.23 bits per heavy atom. The van der Waals surface area contributed by atoms with Gasteiger partial charge in [-0.3, -0.25) is 14.9 Å². The molecule has 0 unspecified atom stereocenters. The van der Waals surface area contributed by atoms with Gasteiger partial charge in [0.15, 0.2) is 0 Å². The maximum atomic E-state index is 12.8. The van der Waals surface area contributed by atoms with Gasteiger partial charge in [-0.2, -0.15) is 0 Å². The van der Waals surface area contributed by atoms with Gasteiger partial charge in [-0.05, 0) is 45.8 Å². The van der Waals surface area contributed by atoms with Gasteiger partial charge in [0.2, 0.25) is 5.91 Å². The number of nitro benzene ring substituents is 1. The van der Waals surface area contributed by atoms with E-state index >= 15 is 0 Å². The first-order chi connectivity index (χ1) is 10.5. The predicted octanol–water partition coefficient (Wildman–Crippen LogP) is 4.15. The largest absolute Gasteiger partial charge is 0.321 e. The highest BCUT2D eigenvalue weighted by molar-refractivity contribution is 9.10. The summed E-state index contributed by atoms with van der Waals surface area (Å²) < 4.78 is 13.2. The van der Waals surface area contributed by atoms with Gasteiger partial charge in [-0.1, -0.05) is 12.1 Å². The lowest BCUT2D eigenvalue weighted by molar-refractivity contribution is -0.384. The molecule has 2 rings (SSSR count). The Kier molecular flexibility index (Phi) is 5.00. The lowest BCUT2D eigenvalue weighted by Gasteiger charge is -2.04. The molecule has 0 aromatic heterocycles. The van der Waals surface area contributed by atoms with Gasteiger partial charge in [0.05, 0.1) is 10.6 Å². The van der Waals surface area contributed by atoms with Crippen LogP contribution in [-0.4, -0.2) is 10.8 Å². The second-order valence-electron chi connectivity index (χ2n) is 4.30. The molecule has 7 heteroatoms. The van der Waals surface area contributed by atoms with Gasteiger partial charge >= 0.3 is 0 Å². The molecule has 1 amide bonds. The molecular formula is C15H10BrFN2O3. The topological polar surface area (TPSA) is 72.2 Å². The zero-order valence-electron chi connectivity index (χ0n) is 11.1. The van der Waals surface area contributed by atoms with E-state index in [2.05, 4.69) is 21.2 Å². The highest BCUT2D eigenvalue weighted by atomic mass is 79.9. The number of non-ortho nitro benzene ring substituents is 1. The maximum absolute atomic E-state index is 12.8. The lowest BCUT2D eigenvalue weighted by atomic mass is 10.2. The van der Waals surface area contributed by atoms with E-state index in [-0.39, 0.29) is 11.5 Å². The number of rotatable bonds is 4. The van der Waals surface area contributed by atoms with Crippen molar-refractivity contribution in [2.75, 3.05) is 5.32 Å². The molecule has 22 heavy (non-hydrogen) atoms. The molecule has 0 atom stereocenters. The number of halogens is 2. The summed E-state index contributed by atoms with van der Waals surface area (Å²) in [4.78, 5) is 21.9. The minimum Gasteiger partial charge on any atom is -0.321 e. The summed E-state index contributed by atoms with van der Waals surface area (Å²) in [6.07, 6.45) is 2.83. The molecule has 112 valence electrons. The van der Waals surface area contributed by atoms with Crippen molar-refractivity contribution in [2.24, 2.45) is 0 Å². The summed E-state index contributed by atoms with van der Waals surface area (Å²) in [7, 11) is 0. The van der Waals surface area contributed by atoms with Crippen LogP contribution in [0.25, 0.3) is 6.08 Å². The van der Waals surface area contributed by atoms with E-state index in [0.29, 0.717) is 15.7 Å². The van der Waals surface area contributed by atoms with Crippen molar-refractivity contribution in [3.8, 4) is 0 Å². The number of amides is 1. The fourth-order valence-electron chi connectivity index (χ4n) is 1.64. The summed E-state index contributed by atoms with van der Waals surface area (Å²) in [6, 6.07) is 9.71. The molecule has 0 aliphatic rings. The van der Waals surface area contributed by atoms with Gasteiger partial charge in [-0.25, -0.2) is 4.39 Å². The third kappa shape index (κ3) is 4.23. The minimum atomic E-state index is -0.523. The molecule has 2 aromatic rings. The van der Waals surface area contributed by atoms with Crippen LogP contribution < -0.4 is 5.32 Å². The summed E-state index contributed by atoms with van der Waals surface area (Å²) in [6.45, 7) is 0. The zero-order chi connectivity index (χ0) is 16.1. The number of hydrogen-bond donors (Lipinski definition) is 1. The molecule has 0 spiro atoms. The third-order valence-electron chi connectivity index (χ3n) is 2.72. The van der Waals surface area contributed by atoms with Crippen LogP contribution in [0.2, 0.25) is 0 Å².